The third-order valence-corrected chi connectivity index (χ3v) is 5.35. The van der Waals surface area contributed by atoms with E-state index in [1.54, 1.807) is 7.05 Å². The van der Waals surface area contributed by atoms with Gasteiger partial charge in [-0.15, -0.1) is 0 Å². The first-order chi connectivity index (χ1) is 14.0. The number of aliphatic hydroxyl groups excluding tert-OH is 2. The maximum atomic E-state index is 10.5. The highest BCUT2D eigenvalue weighted by Gasteiger charge is 2.45. The van der Waals surface area contributed by atoms with E-state index in [-0.39, 0.29) is 23.1 Å². The van der Waals surface area contributed by atoms with E-state index in [4.69, 9.17) is 38.0 Å². The molecular formula is C16H21ClN6O5S. The predicted molar refractivity (Wildman–Crippen MR) is 107 cm³/mol. The zero-order chi connectivity index (χ0) is 20.5. The van der Waals surface area contributed by atoms with Gasteiger partial charge in [0.15, 0.2) is 23.2 Å². The van der Waals surface area contributed by atoms with Gasteiger partial charge in [0.1, 0.15) is 24.9 Å². The van der Waals surface area contributed by atoms with E-state index >= 15 is 0 Å². The van der Waals surface area contributed by atoms with Crippen molar-refractivity contribution in [2.24, 2.45) is 0 Å². The van der Waals surface area contributed by atoms with Gasteiger partial charge in [-0.05, 0) is 30.2 Å². The first-order valence-electron chi connectivity index (χ1n) is 9.08. The molecule has 13 heteroatoms. The number of thiocarbonyl (C=S) groups is 1. The molecule has 5 atom stereocenters. The number of hydrogen-bond acceptors (Lipinski definition) is 10. The van der Waals surface area contributed by atoms with Crippen molar-refractivity contribution in [1.29, 1.82) is 0 Å². The molecule has 2 aromatic rings. The first kappa shape index (κ1) is 20.4. The molecule has 0 aliphatic carbocycles. The summed E-state index contributed by atoms with van der Waals surface area (Å²) in [6.07, 6.45) is -1.81. The minimum Gasteiger partial charge on any atom is -0.468 e. The number of hydrogen-bond donors (Lipinski definition) is 4. The second kappa shape index (κ2) is 8.50. The van der Waals surface area contributed by atoms with Crippen LogP contribution >= 0.6 is 23.8 Å². The van der Waals surface area contributed by atoms with Crippen LogP contribution in [0.3, 0.4) is 0 Å². The Hall–Kier alpha value is -1.83. The van der Waals surface area contributed by atoms with Crippen LogP contribution in [0.2, 0.25) is 5.28 Å². The fraction of sp³-hybridized carbons (Fsp3) is 0.625. The van der Waals surface area contributed by atoms with Crippen LogP contribution in [0.4, 0.5) is 5.82 Å². The summed E-state index contributed by atoms with van der Waals surface area (Å²) in [5, 5.41) is 27.0. The van der Waals surface area contributed by atoms with Gasteiger partial charge < -0.3 is 35.1 Å². The van der Waals surface area contributed by atoms with Crippen molar-refractivity contribution >= 4 is 46.0 Å². The molecule has 11 nitrogen and oxygen atoms in total. The Morgan fingerprint density at radius 3 is 2.97 bits per heavy atom. The standard InChI is InChI=1S/C16H21ClN6O5S/c1-18-16(29)27-5-8-10(24)11(25)14(28-8)23-6-19-9-12(20-7-2-3-26-4-7)21-15(17)22-13(9)23/h6-8,10-11,14,24-25H,2-5H2,1H3,(H,18,29)(H,20,21,22)/t7-,8-,10-,11-,14-/m1/s1. The van der Waals surface area contributed by atoms with Gasteiger partial charge in [0.05, 0.1) is 19.0 Å². The smallest absolute Gasteiger partial charge is 0.256 e. The van der Waals surface area contributed by atoms with E-state index in [2.05, 4.69) is 25.6 Å². The number of ether oxygens (including phenoxy) is 3. The lowest BCUT2D eigenvalue weighted by Crippen LogP contribution is -2.35. The molecule has 0 aromatic carbocycles. The quantitative estimate of drug-likeness (QED) is 0.361. The van der Waals surface area contributed by atoms with Crippen LogP contribution in [0, 0.1) is 0 Å². The molecule has 4 heterocycles. The average Bonchev–Trinajstić information content (AvgIpc) is 3.42. The molecule has 2 saturated heterocycles. The molecule has 2 aromatic heterocycles. The second-order valence-electron chi connectivity index (χ2n) is 6.76. The van der Waals surface area contributed by atoms with Crippen molar-refractivity contribution < 1.29 is 24.4 Å². The highest BCUT2D eigenvalue weighted by atomic mass is 35.5. The monoisotopic (exact) mass is 444 g/mol. The van der Waals surface area contributed by atoms with Crippen molar-refractivity contribution in [2.45, 2.75) is 37.0 Å². The number of imidazole rings is 1. The fourth-order valence-corrected chi connectivity index (χ4v) is 3.58. The number of nitrogens with zero attached hydrogens (tertiary/aromatic N) is 4. The van der Waals surface area contributed by atoms with Crippen molar-refractivity contribution in [2.75, 3.05) is 32.2 Å². The van der Waals surface area contributed by atoms with Crippen LogP contribution in [0.5, 0.6) is 0 Å². The summed E-state index contributed by atoms with van der Waals surface area (Å²) in [7, 11) is 1.62. The molecule has 0 spiro atoms. The molecule has 2 aliphatic heterocycles. The van der Waals surface area contributed by atoms with E-state index < -0.39 is 24.5 Å². The average molecular weight is 445 g/mol. The largest absolute Gasteiger partial charge is 0.468 e. The molecule has 2 aliphatic rings. The topological polar surface area (TPSA) is 136 Å². The minimum absolute atomic E-state index is 0.0213. The second-order valence-corrected chi connectivity index (χ2v) is 7.47. The molecular weight excluding hydrogens is 424 g/mol. The number of halogens is 1. The van der Waals surface area contributed by atoms with E-state index in [9.17, 15) is 10.2 Å². The SMILES string of the molecule is CNC(=S)OC[C@H]1O[C@@H](n2cnc3c(N[C@@H]4CCOC4)nc(Cl)nc32)[C@H](O)[C@@H]1O. The Bertz CT molecular complexity index is 894. The third-order valence-electron chi connectivity index (χ3n) is 4.86. The van der Waals surface area contributed by atoms with Gasteiger partial charge in [0.25, 0.3) is 5.17 Å². The van der Waals surface area contributed by atoms with Crippen LogP contribution < -0.4 is 10.6 Å². The summed E-state index contributed by atoms with van der Waals surface area (Å²) in [4.78, 5) is 12.8. The van der Waals surface area contributed by atoms with Crippen molar-refractivity contribution in [3.8, 4) is 0 Å². The van der Waals surface area contributed by atoms with Crippen LogP contribution in [0.25, 0.3) is 11.2 Å². The number of aromatic nitrogens is 4. The summed E-state index contributed by atoms with van der Waals surface area (Å²) in [6, 6.07) is 0.0991. The predicted octanol–water partition coefficient (Wildman–Crippen LogP) is -0.179. The number of fused-ring (bicyclic) bond motifs is 1. The molecule has 4 rings (SSSR count). The van der Waals surface area contributed by atoms with Gasteiger partial charge in [-0.25, -0.2) is 4.98 Å². The van der Waals surface area contributed by atoms with Crippen molar-refractivity contribution in [3.63, 3.8) is 0 Å². The number of rotatable bonds is 5. The van der Waals surface area contributed by atoms with Gasteiger partial charge >= 0.3 is 0 Å². The molecule has 4 N–H and O–H groups in total. The normalized spacial score (nSPS) is 29.3. The highest BCUT2D eigenvalue weighted by molar-refractivity contribution is 7.80. The third kappa shape index (κ3) is 4.09. The van der Waals surface area contributed by atoms with Gasteiger partial charge in [-0.1, -0.05) is 0 Å². The fourth-order valence-electron chi connectivity index (χ4n) is 3.35. The van der Waals surface area contributed by atoms with Crippen LogP contribution in [0.15, 0.2) is 6.33 Å². The molecule has 158 valence electrons. The molecule has 29 heavy (non-hydrogen) atoms. The van der Waals surface area contributed by atoms with Crippen LogP contribution in [0.1, 0.15) is 12.6 Å². The van der Waals surface area contributed by atoms with Gasteiger partial charge in [0.2, 0.25) is 5.28 Å². The molecule has 0 unspecified atom stereocenters. The number of anilines is 1. The maximum Gasteiger partial charge on any atom is 0.256 e. The van der Waals surface area contributed by atoms with Gasteiger partial charge in [-0.3, -0.25) is 4.57 Å². The lowest BCUT2D eigenvalue weighted by molar-refractivity contribution is -0.0490. The first-order valence-corrected chi connectivity index (χ1v) is 9.87. The van der Waals surface area contributed by atoms with E-state index in [1.165, 1.54) is 10.9 Å². The Morgan fingerprint density at radius 2 is 2.24 bits per heavy atom. The lowest BCUT2D eigenvalue weighted by atomic mass is 10.1. The van der Waals surface area contributed by atoms with Crippen molar-refractivity contribution in [1.82, 2.24) is 24.8 Å². The van der Waals surface area contributed by atoms with E-state index in [0.717, 1.165) is 6.42 Å². The Labute approximate surface area is 176 Å². The van der Waals surface area contributed by atoms with Gasteiger partial charge in [-0.2, -0.15) is 9.97 Å². The summed E-state index contributed by atoms with van der Waals surface area (Å²) in [5.41, 5.74) is 0.845. The minimum atomic E-state index is -1.22. The van der Waals surface area contributed by atoms with E-state index in [1.807, 2.05) is 0 Å². The summed E-state index contributed by atoms with van der Waals surface area (Å²) in [5.74, 6) is 0.474. The highest BCUT2D eigenvalue weighted by Crippen LogP contribution is 2.33. The zero-order valence-electron chi connectivity index (χ0n) is 15.5. The van der Waals surface area contributed by atoms with E-state index in [0.29, 0.717) is 30.2 Å². The summed E-state index contributed by atoms with van der Waals surface area (Å²) < 4.78 is 18.0. The molecule has 0 saturated carbocycles. The van der Waals surface area contributed by atoms with Crippen LogP contribution in [-0.2, 0) is 14.2 Å². The maximum absolute atomic E-state index is 10.5. The Balaban J connectivity index is 1.59. The van der Waals surface area contributed by atoms with Crippen LogP contribution in [-0.4, -0.2) is 86.1 Å². The number of nitrogens with one attached hydrogen (secondary N) is 2. The van der Waals surface area contributed by atoms with Gasteiger partial charge in [0, 0.05) is 13.7 Å². The molecule has 0 bridgehead atoms. The summed E-state index contributed by atoms with van der Waals surface area (Å²) >= 11 is 11.0. The molecule has 2 fully saturated rings. The zero-order valence-corrected chi connectivity index (χ0v) is 17.1. The summed E-state index contributed by atoms with van der Waals surface area (Å²) in [6.45, 7) is 1.22. The van der Waals surface area contributed by atoms with Crippen molar-refractivity contribution in [3.05, 3.63) is 11.6 Å². The number of aliphatic hydroxyl groups is 2. The Morgan fingerprint density at radius 1 is 1.41 bits per heavy atom. The lowest BCUT2D eigenvalue weighted by Gasteiger charge is -2.17. The Kier molecular flexibility index (Phi) is 5.99. The molecule has 0 radical (unpaired) electrons. The molecule has 0 amide bonds.